The van der Waals surface area contributed by atoms with Gasteiger partial charge in [-0.05, 0) is 36.4 Å². The van der Waals surface area contributed by atoms with Crippen LogP contribution in [0, 0.1) is 0 Å². The van der Waals surface area contributed by atoms with Crippen LogP contribution in [0.15, 0.2) is 87.5 Å². The summed E-state index contributed by atoms with van der Waals surface area (Å²) < 4.78 is 72.5. The van der Waals surface area contributed by atoms with Crippen LogP contribution >= 0.6 is 0 Å². The number of rotatable bonds is 0. The van der Waals surface area contributed by atoms with Crippen molar-refractivity contribution in [1.82, 2.24) is 14.2 Å². The van der Waals surface area contributed by atoms with Crippen LogP contribution in [-0.2, 0) is 47.1 Å². The number of fused-ring (bicyclic) bond motifs is 3. The molecule has 0 spiro atoms. The Hall–Kier alpha value is -3.60. The van der Waals surface area contributed by atoms with Crippen molar-refractivity contribution in [3.63, 3.8) is 0 Å². The standard InChI is InChI=1S/3C7H5NO3S.Fe.H2O/c3*9-7-5-3-1-2-4-6(5)12(10,11)8-7;;/h3*1-4H,(H,8,9);;1H2. The van der Waals surface area contributed by atoms with Crippen molar-refractivity contribution in [2.75, 3.05) is 0 Å². The maximum atomic E-state index is 11.1. The van der Waals surface area contributed by atoms with E-state index >= 15 is 0 Å². The van der Waals surface area contributed by atoms with Gasteiger partial charge >= 0.3 is 0 Å². The molecule has 3 heterocycles. The first-order valence-electron chi connectivity index (χ1n) is 9.82. The zero-order chi connectivity index (χ0) is 26.3. The van der Waals surface area contributed by atoms with Crippen LogP contribution in [0.2, 0.25) is 0 Å². The molecule has 3 amide bonds. The first-order chi connectivity index (χ1) is 16.8. The third kappa shape index (κ3) is 5.77. The normalized spacial score (nSPS) is 17.5. The summed E-state index contributed by atoms with van der Waals surface area (Å²) in [5.41, 5.74) is 0.660. The molecule has 0 bridgehead atoms. The SMILES string of the molecule is O.O=C1NS(=O)(=O)c2ccccc21.O=C1NS(=O)(=O)c2ccccc21.O=C1NS(=O)(=O)c2ccccc21.[Fe]. The molecule has 0 saturated heterocycles. The molecule has 3 aromatic rings. The van der Waals surface area contributed by atoms with E-state index < -0.39 is 47.8 Å². The minimum absolute atomic E-state index is 0. The quantitative estimate of drug-likeness (QED) is 0.275. The molecule has 202 valence electrons. The number of amides is 3. The largest absolute Gasteiger partial charge is 0.412 e. The minimum Gasteiger partial charge on any atom is -0.412 e. The van der Waals surface area contributed by atoms with Gasteiger partial charge in [-0.3, -0.25) is 14.4 Å². The van der Waals surface area contributed by atoms with E-state index in [-0.39, 0.29) is 53.9 Å². The fourth-order valence-corrected chi connectivity index (χ4v) is 6.88. The Labute approximate surface area is 227 Å². The molecule has 0 radical (unpaired) electrons. The molecule has 38 heavy (non-hydrogen) atoms. The van der Waals surface area contributed by atoms with Crippen LogP contribution < -0.4 is 14.2 Å². The molecule has 13 nitrogen and oxygen atoms in total. The Bertz CT molecular complexity index is 1570. The Morgan fingerprint density at radius 3 is 0.842 bits per heavy atom. The van der Waals surface area contributed by atoms with Gasteiger partial charge in [0.15, 0.2) is 0 Å². The fraction of sp³-hybridized carbons (Fsp3) is 0. The number of benzene rings is 3. The summed E-state index contributed by atoms with van der Waals surface area (Å²) in [5.74, 6) is -1.65. The molecule has 3 aromatic carbocycles. The molecule has 3 aliphatic rings. The molecule has 0 atom stereocenters. The second-order valence-electron chi connectivity index (χ2n) is 7.29. The number of hydrogen-bond donors (Lipinski definition) is 3. The first-order valence-corrected chi connectivity index (χ1v) is 14.3. The van der Waals surface area contributed by atoms with Crippen molar-refractivity contribution in [3.05, 3.63) is 89.5 Å². The van der Waals surface area contributed by atoms with Crippen molar-refractivity contribution in [2.24, 2.45) is 0 Å². The minimum atomic E-state index is -3.55. The van der Waals surface area contributed by atoms with Gasteiger partial charge in [0, 0.05) is 17.1 Å². The summed E-state index contributed by atoms with van der Waals surface area (Å²) in [5, 5.41) is 0. The smallest absolute Gasteiger partial charge is 0.266 e. The van der Waals surface area contributed by atoms with E-state index in [1.54, 1.807) is 36.4 Å². The van der Waals surface area contributed by atoms with Gasteiger partial charge < -0.3 is 5.48 Å². The van der Waals surface area contributed by atoms with Crippen LogP contribution in [0.1, 0.15) is 31.1 Å². The third-order valence-electron chi connectivity index (χ3n) is 4.94. The third-order valence-corrected chi connectivity index (χ3v) is 9.11. The summed E-state index contributed by atoms with van der Waals surface area (Å²) in [6, 6.07) is 18.3. The summed E-state index contributed by atoms with van der Waals surface area (Å²) in [6.07, 6.45) is 0. The molecule has 5 N–H and O–H groups in total. The number of sulfonamides is 3. The summed E-state index contributed by atoms with van der Waals surface area (Å²) in [4.78, 5) is 33.2. The Balaban J connectivity index is 0.000000195. The van der Waals surface area contributed by atoms with Crippen LogP contribution in [0.5, 0.6) is 0 Å². The van der Waals surface area contributed by atoms with Crippen LogP contribution in [0.4, 0.5) is 0 Å². The number of nitrogens with one attached hydrogen (secondary N) is 3. The van der Waals surface area contributed by atoms with Crippen molar-refractivity contribution in [1.29, 1.82) is 0 Å². The van der Waals surface area contributed by atoms with E-state index in [0.717, 1.165) is 0 Å². The van der Waals surface area contributed by atoms with Crippen LogP contribution in [-0.4, -0.2) is 48.5 Å². The fourth-order valence-electron chi connectivity index (χ4n) is 3.36. The second-order valence-corrected chi connectivity index (χ2v) is 12.2. The average molecular weight is 623 g/mol. The van der Waals surface area contributed by atoms with E-state index in [1.807, 2.05) is 14.2 Å². The molecule has 17 heteroatoms. The van der Waals surface area contributed by atoms with Crippen molar-refractivity contribution < 1.29 is 62.2 Å². The molecule has 0 unspecified atom stereocenters. The molecule has 0 aromatic heterocycles. The van der Waals surface area contributed by atoms with Crippen LogP contribution in [0.25, 0.3) is 0 Å². The Kier molecular flexibility index (Phi) is 8.88. The van der Waals surface area contributed by atoms with Gasteiger partial charge in [0.1, 0.15) is 14.7 Å². The van der Waals surface area contributed by atoms with Gasteiger partial charge in [-0.15, -0.1) is 0 Å². The van der Waals surface area contributed by atoms with E-state index in [9.17, 15) is 39.6 Å². The topological polar surface area (TPSA) is 221 Å². The van der Waals surface area contributed by atoms with Gasteiger partial charge in [-0.2, -0.15) is 0 Å². The number of hydrogen-bond acceptors (Lipinski definition) is 9. The Morgan fingerprint density at radius 2 is 0.632 bits per heavy atom. The van der Waals surface area contributed by atoms with E-state index in [4.69, 9.17) is 0 Å². The van der Waals surface area contributed by atoms with Gasteiger partial charge in [0.2, 0.25) is 0 Å². The summed E-state index contributed by atoms with van der Waals surface area (Å²) in [6.45, 7) is 0. The van der Waals surface area contributed by atoms with Crippen molar-refractivity contribution in [2.45, 2.75) is 14.7 Å². The van der Waals surface area contributed by atoms with Gasteiger partial charge in [-0.1, -0.05) is 36.4 Å². The zero-order valence-corrected chi connectivity index (χ0v) is 22.2. The molecule has 0 aliphatic carbocycles. The average Bonchev–Trinajstić information content (AvgIpc) is 3.32. The molecular weight excluding hydrogens is 606 g/mol. The van der Waals surface area contributed by atoms with E-state index in [2.05, 4.69) is 0 Å². The predicted octanol–water partition coefficient (Wildman–Crippen LogP) is -0.471. The maximum absolute atomic E-state index is 11.1. The Morgan fingerprint density at radius 1 is 0.421 bits per heavy atom. The molecule has 3 aliphatic heterocycles. The predicted molar refractivity (Wildman–Crippen MR) is 127 cm³/mol. The summed E-state index contributed by atoms with van der Waals surface area (Å²) in [7, 11) is -10.7. The zero-order valence-electron chi connectivity index (χ0n) is 18.7. The second kappa shape index (κ2) is 11.0. The number of carbonyl (C=O) groups is 3. The van der Waals surface area contributed by atoms with E-state index in [1.165, 1.54) is 36.4 Å². The molecule has 6 rings (SSSR count). The van der Waals surface area contributed by atoms with Gasteiger partial charge in [0.25, 0.3) is 47.8 Å². The van der Waals surface area contributed by atoms with Gasteiger partial charge in [-0.25, -0.2) is 39.4 Å². The molecular formula is C21H17FeN3O10S3. The van der Waals surface area contributed by atoms with E-state index in [0.29, 0.717) is 0 Å². The monoisotopic (exact) mass is 623 g/mol. The molecule has 0 fully saturated rings. The first kappa shape index (κ1) is 30.6. The van der Waals surface area contributed by atoms with Crippen molar-refractivity contribution >= 4 is 47.8 Å². The number of carbonyl (C=O) groups excluding carboxylic acids is 3. The summed E-state index contributed by atoms with van der Waals surface area (Å²) >= 11 is 0. The van der Waals surface area contributed by atoms with Crippen molar-refractivity contribution in [3.8, 4) is 0 Å². The molecule has 0 saturated carbocycles. The van der Waals surface area contributed by atoms with Crippen LogP contribution in [0.3, 0.4) is 0 Å². The van der Waals surface area contributed by atoms with Gasteiger partial charge in [0.05, 0.1) is 16.7 Å². The maximum Gasteiger partial charge on any atom is 0.266 e.